The lowest BCUT2D eigenvalue weighted by Crippen LogP contribution is -2.59. The predicted molar refractivity (Wildman–Crippen MR) is 135 cm³/mol. The molecule has 0 spiro atoms. The summed E-state index contributed by atoms with van der Waals surface area (Å²) in [7, 11) is 0. The van der Waals surface area contributed by atoms with Gasteiger partial charge in [-0.2, -0.15) is 0 Å². The average Bonchev–Trinajstić information content (AvgIpc) is 3.37. The highest BCUT2D eigenvalue weighted by atomic mass is 19.1. The fourth-order valence-corrected chi connectivity index (χ4v) is 5.51. The molecule has 1 aromatic carbocycles. The van der Waals surface area contributed by atoms with Crippen LogP contribution in [0.3, 0.4) is 0 Å². The summed E-state index contributed by atoms with van der Waals surface area (Å²) in [5.74, 6) is -1.89. The molecule has 2 bridgehead atoms. The molecule has 1 atom stereocenters. The average molecular weight is 513 g/mol. The number of carbonyl (C=O) groups is 2. The van der Waals surface area contributed by atoms with Crippen LogP contribution in [0, 0.1) is 5.82 Å². The maximum absolute atomic E-state index is 13.9. The smallest absolute Gasteiger partial charge is 0.278 e. The third-order valence-electron chi connectivity index (χ3n) is 7.47. The van der Waals surface area contributed by atoms with E-state index in [1.165, 1.54) is 23.0 Å². The Balaban J connectivity index is 1.50. The van der Waals surface area contributed by atoms with Crippen LogP contribution in [-0.2, 0) is 6.54 Å². The normalized spacial score (nSPS) is 21.2. The summed E-state index contributed by atoms with van der Waals surface area (Å²) < 4.78 is 21.2. The molecule has 9 nitrogen and oxygen atoms in total. The van der Waals surface area contributed by atoms with Gasteiger partial charge in [0.05, 0.1) is 6.61 Å². The highest BCUT2D eigenvalue weighted by Gasteiger charge is 2.42. The van der Waals surface area contributed by atoms with Gasteiger partial charge < -0.3 is 20.1 Å². The molecular weight excluding hydrogens is 479 g/mol. The molecule has 0 unspecified atom stereocenters. The van der Waals surface area contributed by atoms with E-state index in [9.17, 15) is 23.9 Å². The second kappa shape index (κ2) is 10.8. The van der Waals surface area contributed by atoms with E-state index >= 15 is 0 Å². The molecule has 1 saturated heterocycles. The quantitative estimate of drug-likeness (QED) is 0.562. The van der Waals surface area contributed by atoms with Gasteiger partial charge in [0.15, 0.2) is 11.4 Å². The zero-order valence-electron chi connectivity index (χ0n) is 20.9. The SMILES string of the molecule is O=C1NCc2ccc(F)cc2OCCCCCCCCCN2[C@H]3CCCN3C(=O)c3c(O)c(=O)c1cn32. The molecule has 0 aliphatic carbocycles. The number of benzene rings is 1. The summed E-state index contributed by atoms with van der Waals surface area (Å²) in [6.45, 7) is 1.66. The number of fused-ring (bicyclic) bond motifs is 4. The van der Waals surface area contributed by atoms with Crippen LogP contribution in [0.4, 0.5) is 4.39 Å². The number of hydrogen-bond donors (Lipinski definition) is 2. The molecule has 10 heteroatoms. The summed E-state index contributed by atoms with van der Waals surface area (Å²) in [6, 6.07) is 4.13. The summed E-state index contributed by atoms with van der Waals surface area (Å²) in [6.07, 6.45) is 9.85. The highest BCUT2D eigenvalue weighted by molar-refractivity contribution is 5.99. The number of aromatic nitrogens is 1. The zero-order valence-corrected chi connectivity index (χ0v) is 20.9. The minimum absolute atomic E-state index is 0.00937. The number of pyridine rings is 1. The first-order chi connectivity index (χ1) is 18.0. The van der Waals surface area contributed by atoms with Gasteiger partial charge in [-0.1, -0.05) is 38.2 Å². The van der Waals surface area contributed by atoms with Crippen molar-refractivity contribution in [2.75, 3.05) is 24.7 Å². The summed E-state index contributed by atoms with van der Waals surface area (Å²) in [5.41, 5.74) is -0.669. The lowest BCUT2D eigenvalue weighted by atomic mass is 10.1. The van der Waals surface area contributed by atoms with E-state index in [2.05, 4.69) is 5.32 Å². The highest BCUT2D eigenvalue weighted by Crippen LogP contribution is 2.31. The Bertz CT molecular complexity index is 1250. The Morgan fingerprint density at radius 2 is 1.73 bits per heavy atom. The first-order valence-corrected chi connectivity index (χ1v) is 13.2. The molecule has 37 heavy (non-hydrogen) atoms. The molecule has 0 radical (unpaired) electrons. The number of nitrogens with zero attached hydrogens (tertiary/aromatic N) is 3. The van der Waals surface area contributed by atoms with Crippen molar-refractivity contribution < 1.29 is 23.8 Å². The van der Waals surface area contributed by atoms with E-state index < -0.39 is 28.8 Å². The first-order valence-electron chi connectivity index (χ1n) is 13.2. The fraction of sp³-hybridized carbons (Fsp3) is 0.519. The number of nitrogens with one attached hydrogen (secondary N) is 1. The predicted octanol–water partition coefficient (Wildman–Crippen LogP) is 3.26. The van der Waals surface area contributed by atoms with Crippen LogP contribution in [-0.4, -0.2) is 52.4 Å². The molecule has 1 aromatic heterocycles. The second-order valence-electron chi connectivity index (χ2n) is 9.96. The Morgan fingerprint density at radius 3 is 2.54 bits per heavy atom. The Hall–Kier alpha value is -3.56. The minimum atomic E-state index is -0.892. The Labute approximate surface area is 214 Å². The van der Waals surface area contributed by atoms with Crippen molar-refractivity contribution >= 4 is 11.8 Å². The number of rotatable bonds is 0. The molecule has 4 heterocycles. The van der Waals surface area contributed by atoms with E-state index in [0.717, 1.165) is 57.8 Å². The molecule has 1 fully saturated rings. The monoisotopic (exact) mass is 512 g/mol. The summed E-state index contributed by atoms with van der Waals surface area (Å²) in [4.78, 5) is 41.0. The maximum atomic E-state index is 13.9. The second-order valence-corrected chi connectivity index (χ2v) is 9.96. The molecule has 3 aliphatic rings. The number of halogens is 1. The van der Waals surface area contributed by atoms with E-state index in [-0.39, 0.29) is 24.0 Å². The van der Waals surface area contributed by atoms with Crippen molar-refractivity contribution in [3.63, 3.8) is 0 Å². The molecule has 5 rings (SSSR count). The molecule has 0 saturated carbocycles. The molecule has 198 valence electrons. The van der Waals surface area contributed by atoms with Gasteiger partial charge in [0.1, 0.15) is 23.3 Å². The fourth-order valence-electron chi connectivity index (χ4n) is 5.51. The van der Waals surface area contributed by atoms with Gasteiger partial charge >= 0.3 is 0 Å². The Kier molecular flexibility index (Phi) is 7.34. The van der Waals surface area contributed by atoms with Crippen molar-refractivity contribution in [1.29, 1.82) is 0 Å². The zero-order chi connectivity index (χ0) is 25.9. The van der Waals surface area contributed by atoms with Crippen LogP contribution in [0.15, 0.2) is 29.2 Å². The van der Waals surface area contributed by atoms with Gasteiger partial charge in [-0.25, -0.2) is 4.39 Å². The van der Waals surface area contributed by atoms with Gasteiger partial charge in [-0.15, -0.1) is 0 Å². The molecule has 2 N–H and O–H groups in total. The van der Waals surface area contributed by atoms with Crippen molar-refractivity contribution in [3.8, 4) is 11.5 Å². The van der Waals surface area contributed by atoms with Crippen LogP contribution >= 0.6 is 0 Å². The largest absolute Gasteiger partial charge is 0.502 e. The number of amides is 2. The molecule has 2 amide bonds. The standard InChI is InChI=1S/C27H33FN4O5/c28-19-11-10-18-16-29-26(35)20-17-32-23(25(34)24(20)33)27(36)30-12-8-9-22(30)31(32)13-6-4-2-1-3-5-7-14-37-21(18)15-19/h10-11,15,17,22,34H,1-9,12-14,16H2,(H,29,35)/t22-/m0/s1. The van der Waals surface area contributed by atoms with Crippen LogP contribution in [0.25, 0.3) is 0 Å². The minimum Gasteiger partial charge on any atom is -0.502 e. The van der Waals surface area contributed by atoms with Crippen LogP contribution in [0.5, 0.6) is 11.5 Å². The molecular formula is C27H33FN4O5. The summed E-state index contributed by atoms with van der Waals surface area (Å²) >= 11 is 0. The maximum Gasteiger partial charge on any atom is 0.278 e. The van der Waals surface area contributed by atoms with Gasteiger partial charge in [0, 0.05) is 37.5 Å². The number of ether oxygens (including phenoxy) is 1. The van der Waals surface area contributed by atoms with Gasteiger partial charge in [-0.3, -0.25) is 24.1 Å². The van der Waals surface area contributed by atoms with Crippen LogP contribution in [0.2, 0.25) is 0 Å². The number of carbonyl (C=O) groups excluding carboxylic acids is 2. The van der Waals surface area contributed by atoms with E-state index in [1.807, 2.05) is 5.01 Å². The van der Waals surface area contributed by atoms with Crippen LogP contribution < -0.4 is 20.5 Å². The van der Waals surface area contributed by atoms with E-state index in [4.69, 9.17) is 4.74 Å². The van der Waals surface area contributed by atoms with Crippen LogP contribution in [0.1, 0.15) is 84.2 Å². The molecule has 2 aromatic rings. The van der Waals surface area contributed by atoms with Crippen molar-refractivity contribution in [3.05, 3.63) is 57.3 Å². The van der Waals surface area contributed by atoms with Crippen molar-refractivity contribution in [2.24, 2.45) is 0 Å². The number of hydrogen-bond acceptors (Lipinski definition) is 6. The van der Waals surface area contributed by atoms with Crippen molar-refractivity contribution in [2.45, 2.75) is 70.5 Å². The lowest BCUT2D eigenvalue weighted by Gasteiger charge is -2.43. The molecule has 3 aliphatic heterocycles. The third kappa shape index (κ3) is 5.01. The van der Waals surface area contributed by atoms with E-state index in [0.29, 0.717) is 31.0 Å². The van der Waals surface area contributed by atoms with Crippen molar-refractivity contribution in [1.82, 2.24) is 14.9 Å². The summed E-state index contributed by atoms with van der Waals surface area (Å²) in [5, 5.41) is 15.5. The number of aromatic hydroxyl groups is 1. The first kappa shape index (κ1) is 25.1. The third-order valence-corrected chi connectivity index (χ3v) is 7.47. The van der Waals surface area contributed by atoms with Gasteiger partial charge in [0.25, 0.3) is 11.8 Å². The Morgan fingerprint density at radius 1 is 0.973 bits per heavy atom. The lowest BCUT2D eigenvalue weighted by molar-refractivity contribution is 0.0643. The van der Waals surface area contributed by atoms with Gasteiger partial charge in [0.2, 0.25) is 5.43 Å². The van der Waals surface area contributed by atoms with E-state index in [1.54, 1.807) is 11.0 Å². The van der Waals surface area contributed by atoms with Gasteiger partial charge in [-0.05, 0) is 31.7 Å². The topological polar surface area (TPSA) is 104 Å².